The van der Waals surface area contributed by atoms with Gasteiger partial charge < -0.3 is 4.74 Å². The number of nitriles is 1. The first-order valence-corrected chi connectivity index (χ1v) is 7.00. The van der Waals surface area contributed by atoms with E-state index < -0.39 is 35.6 Å². The van der Waals surface area contributed by atoms with E-state index >= 15 is 0 Å². The van der Waals surface area contributed by atoms with Crippen LogP contribution >= 0.6 is 11.6 Å². The number of halogens is 4. The predicted molar refractivity (Wildman–Crippen MR) is 80.6 cm³/mol. The molecule has 124 valence electrons. The monoisotopic (exact) mass is 354 g/mol. The van der Waals surface area contributed by atoms with E-state index in [4.69, 9.17) is 21.6 Å². The van der Waals surface area contributed by atoms with Crippen LogP contribution in [0.5, 0.6) is 5.88 Å². The summed E-state index contributed by atoms with van der Waals surface area (Å²) in [4.78, 5) is 15.0. The zero-order valence-electron chi connectivity index (χ0n) is 12.3. The Morgan fingerprint density at radius 2 is 1.96 bits per heavy atom. The second-order valence-electron chi connectivity index (χ2n) is 4.84. The third kappa shape index (κ3) is 4.03. The predicted octanol–water partition coefficient (Wildman–Crippen LogP) is 4.26. The van der Waals surface area contributed by atoms with Crippen molar-refractivity contribution in [1.82, 2.24) is 4.98 Å². The van der Waals surface area contributed by atoms with E-state index in [9.17, 15) is 18.0 Å². The fourth-order valence-corrected chi connectivity index (χ4v) is 2.02. The molecule has 0 aliphatic rings. The summed E-state index contributed by atoms with van der Waals surface area (Å²) < 4.78 is 44.8. The van der Waals surface area contributed by atoms with Gasteiger partial charge in [-0.3, -0.25) is 4.79 Å². The number of rotatable bonds is 4. The molecule has 4 nitrogen and oxygen atoms in total. The van der Waals surface area contributed by atoms with Gasteiger partial charge in [0.2, 0.25) is 5.88 Å². The van der Waals surface area contributed by atoms with Crippen LogP contribution in [0.3, 0.4) is 0 Å². The lowest BCUT2D eigenvalue weighted by Gasteiger charge is -2.14. The van der Waals surface area contributed by atoms with Crippen LogP contribution in [0.15, 0.2) is 30.3 Å². The van der Waals surface area contributed by atoms with Crippen LogP contribution in [0.4, 0.5) is 13.2 Å². The molecule has 0 atom stereocenters. The second kappa shape index (κ2) is 6.89. The Balaban J connectivity index is 2.64. The van der Waals surface area contributed by atoms with Crippen LogP contribution in [-0.2, 0) is 11.0 Å². The molecule has 0 N–H and O–H groups in total. The van der Waals surface area contributed by atoms with E-state index in [1.807, 2.05) is 0 Å². The third-order valence-corrected chi connectivity index (χ3v) is 3.21. The Kier molecular flexibility index (Phi) is 5.10. The average Bonchev–Trinajstić information content (AvgIpc) is 2.51. The van der Waals surface area contributed by atoms with Crippen molar-refractivity contribution in [2.24, 2.45) is 0 Å². The number of Topliss-reactive ketones (excluding diaryl/α,β-unsaturated/α-hetero) is 1. The van der Waals surface area contributed by atoms with Crippen molar-refractivity contribution in [3.8, 4) is 23.2 Å². The van der Waals surface area contributed by atoms with Crippen molar-refractivity contribution >= 4 is 17.4 Å². The van der Waals surface area contributed by atoms with Crippen molar-refractivity contribution in [3.63, 3.8) is 0 Å². The third-order valence-electron chi connectivity index (χ3n) is 2.96. The van der Waals surface area contributed by atoms with Crippen LogP contribution in [0.1, 0.15) is 18.1 Å². The molecule has 1 heterocycles. The molecule has 0 bridgehead atoms. The van der Waals surface area contributed by atoms with E-state index in [1.165, 1.54) is 37.3 Å². The lowest BCUT2D eigenvalue weighted by Crippen LogP contribution is -2.14. The highest BCUT2D eigenvalue weighted by molar-refractivity contribution is 6.30. The largest absolute Gasteiger partial charge is 0.469 e. The number of ketones is 1. The van der Waals surface area contributed by atoms with Crippen LogP contribution < -0.4 is 4.74 Å². The minimum absolute atomic E-state index is 0.0449. The zero-order valence-corrected chi connectivity index (χ0v) is 13.1. The van der Waals surface area contributed by atoms with Crippen molar-refractivity contribution < 1.29 is 22.7 Å². The molecule has 2 aromatic rings. The lowest BCUT2D eigenvalue weighted by atomic mass is 10.0. The van der Waals surface area contributed by atoms with Gasteiger partial charge in [0.15, 0.2) is 5.78 Å². The Hall–Kier alpha value is -2.59. The summed E-state index contributed by atoms with van der Waals surface area (Å²) in [6, 6.07) is 8.19. The smallest absolute Gasteiger partial charge is 0.417 e. The van der Waals surface area contributed by atoms with Gasteiger partial charge >= 0.3 is 6.18 Å². The molecular weight excluding hydrogens is 345 g/mol. The molecule has 0 spiro atoms. The van der Waals surface area contributed by atoms with Crippen molar-refractivity contribution in [1.29, 1.82) is 5.26 Å². The Morgan fingerprint density at radius 1 is 1.33 bits per heavy atom. The molecule has 0 aliphatic carbocycles. The summed E-state index contributed by atoms with van der Waals surface area (Å²) in [6.45, 7) is 0.725. The maximum atomic E-state index is 13.3. The number of hydrogen-bond donors (Lipinski definition) is 0. The minimum atomic E-state index is -4.77. The summed E-state index contributed by atoms with van der Waals surface area (Å²) in [7, 11) is 0. The number of aromatic nitrogens is 1. The normalized spacial score (nSPS) is 11.0. The van der Waals surface area contributed by atoms with Crippen molar-refractivity contribution in [2.75, 3.05) is 6.61 Å². The molecule has 0 unspecified atom stereocenters. The van der Waals surface area contributed by atoms with Gasteiger partial charge in [0, 0.05) is 10.6 Å². The van der Waals surface area contributed by atoms with E-state index in [1.54, 1.807) is 0 Å². The summed E-state index contributed by atoms with van der Waals surface area (Å²) in [5, 5.41) is 9.47. The summed E-state index contributed by atoms with van der Waals surface area (Å²) in [5.41, 5.74) is -1.62. The van der Waals surface area contributed by atoms with E-state index in [0.29, 0.717) is 10.6 Å². The first kappa shape index (κ1) is 17.8. The van der Waals surface area contributed by atoms with Crippen molar-refractivity contribution in [2.45, 2.75) is 13.1 Å². The molecule has 24 heavy (non-hydrogen) atoms. The van der Waals surface area contributed by atoms with Crippen LogP contribution in [0.25, 0.3) is 11.3 Å². The van der Waals surface area contributed by atoms with Crippen LogP contribution in [0.2, 0.25) is 5.02 Å². The first-order valence-electron chi connectivity index (χ1n) is 6.63. The number of benzene rings is 1. The molecule has 1 aromatic heterocycles. The Morgan fingerprint density at radius 3 is 2.46 bits per heavy atom. The van der Waals surface area contributed by atoms with E-state index in [0.717, 1.165) is 6.07 Å². The highest BCUT2D eigenvalue weighted by Crippen LogP contribution is 2.37. The van der Waals surface area contributed by atoms with Gasteiger partial charge in [-0.15, -0.1) is 0 Å². The summed E-state index contributed by atoms with van der Waals surface area (Å²) >= 11 is 5.76. The lowest BCUT2D eigenvalue weighted by molar-refractivity contribution is -0.137. The number of nitrogens with zero attached hydrogens (tertiary/aromatic N) is 2. The SMILES string of the molecule is CC(=O)COc1nc(-c2ccc(Cl)cc2)cc(C(F)(F)F)c1C#N. The van der Waals surface area contributed by atoms with E-state index in [-0.39, 0.29) is 5.69 Å². The molecule has 0 aliphatic heterocycles. The van der Waals surface area contributed by atoms with Crippen LogP contribution in [0, 0.1) is 11.3 Å². The van der Waals surface area contributed by atoms with E-state index in [2.05, 4.69) is 4.98 Å². The standard InChI is InChI=1S/C16H10ClF3N2O2/c1-9(23)8-24-15-12(7-21)13(16(18,19)20)6-14(22-15)10-2-4-11(17)5-3-10/h2-6H,8H2,1H3. The van der Waals surface area contributed by atoms with Gasteiger partial charge in [0.1, 0.15) is 18.2 Å². The molecule has 0 saturated heterocycles. The van der Waals surface area contributed by atoms with Gasteiger partial charge in [0.25, 0.3) is 0 Å². The molecular formula is C16H10ClF3N2O2. The highest BCUT2D eigenvalue weighted by Gasteiger charge is 2.36. The number of alkyl halides is 3. The first-order chi connectivity index (χ1) is 11.2. The highest BCUT2D eigenvalue weighted by atomic mass is 35.5. The number of hydrogen-bond acceptors (Lipinski definition) is 4. The number of carbonyl (C=O) groups excluding carboxylic acids is 1. The second-order valence-corrected chi connectivity index (χ2v) is 5.28. The number of pyridine rings is 1. The molecule has 0 amide bonds. The number of carbonyl (C=O) groups is 1. The maximum Gasteiger partial charge on any atom is 0.417 e. The van der Waals surface area contributed by atoms with Gasteiger partial charge in [-0.2, -0.15) is 18.4 Å². The molecule has 0 fully saturated rings. The summed E-state index contributed by atoms with van der Waals surface area (Å²) in [5.74, 6) is -0.946. The number of ether oxygens (including phenoxy) is 1. The topological polar surface area (TPSA) is 63.0 Å². The Labute approximate surface area is 140 Å². The average molecular weight is 355 g/mol. The molecule has 8 heteroatoms. The van der Waals surface area contributed by atoms with Gasteiger partial charge in [-0.05, 0) is 25.1 Å². The minimum Gasteiger partial charge on any atom is -0.469 e. The summed E-state index contributed by atoms with van der Waals surface area (Å²) in [6.07, 6.45) is -4.77. The van der Waals surface area contributed by atoms with Gasteiger partial charge in [-0.25, -0.2) is 4.98 Å². The van der Waals surface area contributed by atoms with Crippen molar-refractivity contribution in [3.05, 3.63) is 46.5 Å². The quantitative estimate of drug-likeness (QED) is 0.823. The Bertz CT molecular complexity index is 812. The zero-order chi connectivity index (χ0) is 17.9. The van der Waals surface area contributed by atoms with Crippen LogP contribution in [-0.4, -0.2) is 17.4 Å². The fourth-order valence-electron chi connectivity index (χ4n) is 1.90. The molecule has 0 radical (unpaired) electrons. The fraction of sp³-hybridized carbons (Fsp3) is 0.188. The molecule has 2 rings (SSSR count). The molecule has 0 saturated carbocycles. The molecule has 1 aromatic carbocycles. The van der Waals surface area contributed by atoms with Gasteiger partial charge in [-0.1, -0.05) is 23.7 Å². The maximum absolute atomic E-state index is 13.3. The van der Waals surface area contributed by atoms with Gasteiger partial charge in [0.05, 0.1) is 11.3 Å².